The molecule has 0 saturated heterocycles. The monoisotopic (exact) mass is 388 g/mol. The molecule has 2 aromatic carbocycles. The molecule has 0 bridgehead atoms. The highest BCUT2D eigenvalue weighted by atomic mass is 35.5. The fourth-order valence-electron chi connectivity index (χ4n) is 2.25. The number of hydrogen-bond acceptors (Lipinski definition) is 5. The van der Waals surface area contributed by atoms with Crippen LogP contribution in [-0.2, 0) is 6.54 Å². The molecule has 2 N–H and O–H groups in total. The summed E-state index contributed by atoms with van der Waals surface area (Å²) < 4.78 is 10.8. The number of nitrogens with one attached hydrogen (secondary N) is 2. The molecule has 3 rings (SSSR count). The second kappa shape index (κ2) is 8.64. The van der Waals surface area contributed by atoms with Crippen LogP contribution >= 0.6 is 23.8 Å². The van der Waals surface area contributed by atoms with E-state index in [2.05, 4.69) is 20.8 Å². The van der Waals surface area contributed by atoms with Gasteiger partial charge in [-0.2, -0.15) is 4.98 Å². The van der Waals surface area contributed by atoms with Gasteiger partial charge in [-0.15, -0.1) is 0 Å². The first-order valence-electron chi connectivity index (χ1n) is 8.01. The number of ether oxygens (including phenoxy) is 1. The van der Waals surface area contributed by atoms with Crippen molar-refractivity contribution in [2.75, 3.05) is 11.9 Å². The van der Waals surface area contributed by atoms with Crippen molar-refractivity contribution in [1.82, 2.24) is 15.5 Å². The summed E-state index contributed by atoms with van der Waals surface area (Å²) >= 11 is 11.5. The molecule has 1 aromatic heterocycles. The van der Waals surface area contributed by atoms with Gasteiger partial charge in [0.15, 0.2) is 5.11 Å². The van der Waals surface area contributed by atoms with Crippen LogP contribution in [0.15, 0.2) is 53.1 Å². The number of nitrogens with zero attached hydrogens (tertiary/aromatic N) is 2. The average Bonchev–Trinajstić information content (AvgIpc) is 3.11. The van der Waals surface area contributed by atoms with Gasteiger partial charge < -0.3 is 19.9 Å². The lowest BCUT2D eigenvalue weighted by Crippen LogP contribution is -2.28. The van der Waals surface area contributed by atoms with Crippen LogP contribution in [0.1, 0.15) is 12.8 Å². The number of halogens is 1. The highest BCUT2D eigenvalue weighted by Crippen LogP contribution is 2.25. The van der Waals surface area contributed by atoms with Crippen LogP contribution in [0.4, 0.5) is 5.69 Å². The maximum atomic E-state index is 6.15. The maximum Gasteiger partial charge on any atom is 0.246 e. The first-order valence-corrected chi connectivity index (χ1v) is 8.80. The Labute approximate surface area is 161 Å². The Morgan fingerprint density at radius 3 is 2.77 bits per heavy atom. The molecule has 3 aromatic rings. The van der Waals surface area contributed by atoms with E-state index in [9.17, 15) is 0 Å². The fourth-order valence-corrected chi connectivity index (χ4v) is 2.65. The molecule has 0 fully saturated rings. The van der Waals surface area contributed by atoms with E-state index in [0.717, 1.165) is 17.0 Å². The Morgan fingerprint density at radius 1 is 1.19 bits per heavy atom. The molecular formula is C18H17ClN4O2S. The van der Waals surface area contributed by atoms with E-state index in [1.807, 2.05) is 49.4 Å². The Balaban J connectivity index is 1.60. The SMILES string of the molecule is CCOc1ccccc1NC(=S)NCc1nc(-c2ccccc2Cl)no1. The van der Waals surface area contributed by atoms with Crippen molar-refractivity contribution in [2.24, 2.45) is 0 Å². The van der Waals surface area contributed by atoms with Gasteiger partial charge in [0.1, 0.15) is 5.75 Å². The first-order chi connectivity index (χ1) is 12.7. The minimum absolute atomic E-state index is 0.292. The molecule has 0 spiro atoms. The Bertz CT molecular complexity index is 900. The quantitative estimate of drug-likeness (QED) is 0.610. The second-order valence-electron chi connectivity index (χ2n) is 5.23. The van der Waals surface area contributed by atoms with Crippen LogP contribution in [0, 0.1) is 0 Å². The highest BCUT2D eigenvalue weighted by molar-refractivity contribution is 7.80. The van der Waals surface area contributed by atoms with E-state index < -0.39 is 0 Å². The lowest BCUT2D eigenvalue weighted by Gasteiger charge is -2.13. The second-order valence-corrected chi connectivity index (χ2v) is 6.04. The molecule has 1 heterocycles. The van der Waals surface area contributed by atoms with Crippen molar-refractivity contribution in [3.05, 3.63) is 59.4 Å². The van der Waals surface area contributed by atoms with Crippen molar-refractivity contribution in [3.8, 4) is 17.1 Å². The number of anilines is 1. The molecule has 0 saturated carbocycles. The van der Waals surface area contributed by atoms with Crippen molar-refractivity contribution < 1.29 is 9.26 Å². The van der Waals surface area contributed by atoms with Gasteiger partial charge in [-0.1, -0.05) is 41.0 Å². The standard InChI is InChI=1S/C18H17ClN4O2S/c1-2-24-15-10-6-5-9-14(15)21-18(26)20-11-16-22-17(23-25-16)12-7-3-4-8-13(12)19/h3-10H,2,11H2,1H3,(H2,20,21,26). The van der Waals surface area contributed by atoms with E-state index >= 15 is 0 Å². The van der Waals surface area contributed by atoms with Gasteiger partial charge in [0.25, 0.3) is 0 Å². The molecule has 0 unspecified atom stereocenters. The van der Waals surface area contributed by atoms with Crippen molar-refractivity contribution in [3.63, 3.8) is 0 Å². The highest BCUT2D eigenvalue weighted by Gasteiger charge is 2.12. The number of benzene rings is 2. The Hall–Kier alpha value is -2.64. The van der Waals surface area contributed by atoms with Crippen LogP contribution < -0.4 is 15.4 Å². The minimum Gasteiger partial charge on any atom is -0.492 e. The first kappa shape index (κ1) is 18.2. The zero-order valence-electron chi connectivity index (χ0n) is 14.0. The van der Waals surface area contributed by atoms with Crippen LogP contribution in [0.5, 0.6) is 5.75 Å². The molecule has 0 radical (unpaired) electrons. The van der Waals surface area contributed by atoms with Crippen LogP contribution in [-0.4, -0.2) is 21.9 Å². The van der Waals surface area contributed by atoms with Crippen molar-refractivity contribution in [1.29, 1.82) is 0 Å². The van der Waals surface area contributed by atoms with Gasteiger partial charge in [-0.3, -0.25) is 0 Å². The molecule has 6 nitrogen and oxygen atoms in total. The van der Waals surface area contributed by atoms with Crippen LogP contribution in [0.25, 0.3) is 11.4 Å². The van der Waals surface area contributed by atoms with E-state index in [1.54, 1.807) is 6.07 Å². The molecule has 0 aliphatic carbocycles. The predicted molar refractivity (Wildman–Crippen MR) is 105 cm³/mol. The summed E-state index contributed by atoms with van der Waals surface area (Å²) in [5, 5.41) is 11.1. The van der Waals surface area contributed by atoms with E-state index in [1.165, 1.54) is 0 Å². The molecule has 0 aliphatic heterocycles. The van der Waals surface area contributed by atoms with Gasteiger partial charge in [0, 0.05) is 5.56 Å². The maximum absolute atomic E-state index is 6.15. The van der Waals surface area contributed by atoms with E-state index in [4.69, 9.17) is 33.1 Å². The lowest BCUT2D eigenvalue weighted by molar-refractivity contribution is 0.342. The summed E-state index contributed by atoms with van der Waals surface area (Å²) in [6.07, 6.45) is 0. The topological polar surface area (TPSA) is 72.2 Å². The zero-order chi connectivity index (χ0) is 18.4. The van der Waals surface area contributed by atoms with E-state index in [0.29, 0.717) is 35.0 Å². The molecule has 8 heteroatoms. The third-order valence-corrected chi connectivity index (χ3v) is 3.99. The fraction of sp³-hybridized carbons (Fsp3) is 0.167. The van der Waals surface area contributed by atoms with Gasteiger partial charge in [-0.05, 0) is 43.4 Å². The smallest absolute Gasteiger partial charge is 0.246 e. The molecule has 26 heavy (non-hydrogen) atoms. The Morgan fingerprint density at radius 2 is 1.96 bits per heavy atom. The molecule has 0 aliphatic rings. The van der Waals surface area contributed by atoms with E-state index in [-0.39, 0.29) is 0 Å². The summed E-state index contributed by atoms with van der Waals surface area (Å²) in [4.78, 5) is 4.33. The number of thiocarbonyl (C=S) groups is 1. The molecular weight excluding hydrogens is 372 g/mol. The predicted octanol–water partition coefficient (Wildman–Crippen LogP) is 4.28. The number of aromatic nitrogens is 2. The van der Waals surface area contributed by atoms with Crippen molar-refractivity contribution in [2.45, 2.75) is 13.5 Å². The van der Waals surface area contributed by atoms with Crippen LogP contribution in [0.3, 0.4) is 0 Å². The third-order valence-electron chi connectivity index (χ3n) is 3.42. The lowest BCUT2D eigenvalue weighted by atomic mass is 10.2. The van der Waals surface area contributed by atoms with Gasteiger partial charge in [0.2, 0.25) is 11.7 Å². The summed E-state index contributed by atoms with van der Waals surface area (Å²) in [5.41, 5.74) is 1.50. The summed E-state index contributed by atoms with van der Waals surface area (Å²) in [6.45, 7) is 2.80. The third kappa shape index (κ3) is 4.50. The van der Waals surface area contributed by atoms with Gasteiger partial charge in [0.05, 0.1) is 23.9 Å². The van der Waals surface area contributed by atoms with Gasteiger partial charge in [-0.25, -0.2) is 0 Å². The number of hydrogen-bond donors (Lipinski definition) is 2. The normalized spacial score (nSPS) is 10.4. The summed E-state index contributed by atoms with van der Waals surface area (Å²) in [5.74, 6) is 1.58. The summed E-state index contributed by atoms with van der Waals surface area (Å²) in [7, 11) is 0. The number of para-hydroxylation sites is 2. The van der Waals surface area contributed by atoms with Crippen LogP contribution in [0.2, 0.25) is 5.02 Å². The molecule has 0 atom stereocenters. The van der Waals surface area contributed by atoms with Gasteiger partial charge >= 0.3 is 0 Å². The Kier molecular flexibility index (Phi) is 6.04. The minimum atomic E-state index is 0.292. The average molecular weight is 389 g/mol. The largest absolute Gasteiger partial charge is 0.492 e. The van der Waals surface area contributed by atoms with Crippen molar-refractivity contribution >= 4 is 34.6 Å². The summed E-state index contributed by atoms with van der Waals surface area (Å²) in [6, 6.07) is 14.9. The molecule has 0 amide bonds. The molecule has 134 valence electrons. The zero-order valence-corrected chi connectivity index (χ0v) is 15.6. The number of rotatable bonds is 6.